The van der Waals surface area contributed by atoms with Crippen molar-refractivity contribution in [2.75, 3.05) is 26.4 Å². The molecule has 3 N–H and O–H groups in total. The van der Waals surface area contributed by atoms with Gasteiger partial charge in [0.2, 0.25) is 5.91 Å². The van der Waals surface area contributed by atoms with Crippen LogP contribution < -0.4 is 11.1 Å². The largest absolute Gasteiger partial charge is 0.378 e. The van der Waals surface area contributed by atoms with E-state index in [-0.39, 0.29) is 6.61 Å². The van der Waals surface area contributed by atoms with Crippen LogP contribution in [-0.2, 0) is 14.3 Å². The van der Waals surface area contributed by atoms with E-state index in [4.69, 9.17) is 15.2 Å². The Morgan fingerprint density at radius 2 is 2.10 bits per heavy atom. The van der Waals surface area contributed by atoms with Crippen LogP contribution in [-0.4, -0.2) is 44.4 Å². The summed E-state index contributed by atoms with van der Waals surface area (Å²) in [7, 11) is 0. The lowest BCUT2D eigenvalue weighted by Gasteiger charge is -2.58. The van der Waals surface area contributed by atoms with Crippen molar-refractivity contribution in [2.24, 2.45) is 11.1 Å². The summed E-state index contributed by atoms with van der Waals surface area (Å²) in [4.78, 5) is 10.6. The van der Waals surface area contributed by atoms with Crippen LogP contribution in [0, 0.1) is 5.41 Å². The normalized spacial score (nSPS) is 28.2. The predicted molar refractivity (Wildman–Crippen MR) is 77.4 cm³/mol. The fraction of sp³-hybridized carbons (Fsp3) is 0.933. The zero-order valence-corrected chi connectivity index (χ0v) is 12.5. The highest BCUT2D eigenvalue weighted by Gasteiger charge is 2.55. The van der Waals surface area contributed by atoms with Gasteiger partial charge in [0, 0.05) is 24.6 Å². The van der Waals surface area contributed by atoms with Crippen molar-refractivity contribution >= 4 is 5.91 Å². The number of amides is 1. The first-order valence-electron chi connectivity index (χ1n) is 7.90. The first-order chi connectivity index (χ1) is 9.69. The number of nitrogens with two attached hydrogens (primary N) is 1. The molecule has 0 bridgehead atoms. The molecule has 20 heavy (non-hydrogen) atoms. The molecule has 2 aliphatic carbocycles. The maximum Gasteiger partial charge on any atom is 0.243 e. The Balaban J connectivity index is 1.75. The number of rotatable bonds is 8. The Labute approximate surface area is 121 Å². The minimum Gasteiger partial charge on any atom is -0.378 e. The summed E-state index contributed by atoms with van der Waals surface area (Å²) >= 11 is 0. The van der Waals surface area contributed by atoms with E-state index >= 15 is 0 Å². The molecule has 0 saturated heterocycles. The molecule has 1 spiro atoms. The number of ether oxygens (including phenoxy) is 2. The number of carbonyl (C=O) groups is 1. The third-order valence-electron chi connectivity index (χ3n) is 4.82. The summed E-state index contributed by atoms with van der Waals surface area (Å²) in [5.41, 5.74) is 5.38. The first-order valence-corrected chi connectivity index (χ1v) is 7.90. The fourth-order valence-electron chi connectivity index (χ4n) is 3.83. The van der Waals surface area contributed by atoms with Gasteiger partial charge in [-0.25, -0.2) is 0 Å². The standard InChI is InChI=1S/C15H28N2O3/c1-2-20-13-10-12(15(13)6-4-3-5-7-15)17-8-9-19-11-14(16)18/h12-13,17H,2-11H2,1H3,(H2,16,18). The van der Waals surface area contributed by atoms with E-state index in [2.05, 4.69) is 12.2 Å². The van der Waals surface area contributed by atoms with Crippen LogP contribution in [0.2, 0.25) is 0 Å². The smallest absolute Gasteiger partial charge is 0.243 e. The summed E-state index contributed by atoms with van der Waals surface area (Å²) in [5, 5.41) is 3.58. The van der Waals surface area contributed by atoms with E-state index in [1.165, 1.54) is 32.1 Å². The van der Waals surface area contributed by atoms with Crippen molar-refractivity contribution < 1.29 is 14.3 Å². The molecule has 2 atom stereocenters. The number of carbonyl (C=O) groups excluding carboxylic acids is 1. The predicted octanol–water partition coefficient (Wildman–Crippen LogP) is 1.21. The second-order valence-electron chi connectivity index (χ2n) is 6.00. The highest BCUT2D eigenvalue weighted by molar-refractivity contribution is 5.74. The zero-order valence-electron chi connectivity index (χ0n) is 12.5. The number of primary amides is 1. The van der Waals surface area contributed by atoms with Crippen LogP contribution in [0.3, 0.4) is 0 Å². The fourth-order valence-corrected chi connectivity index (χ4v) is 3.83. The van der Waals surface area contributed by atoms with Gasteiger partial charge in [-0.1, -0.05) is 19.3 Å². The van der Waals surface area contributed by atoms with Gasteiger partial charge in [-0.2, -0.15) is 0 Å². The van der Waals surface area contributed by atoms with Gasteiger partial charge in [0.05, 0.1) is 12.7 Å². The van der Waals surface area contributed by atoms with Gasteiger partial charge in [-0.05, 0) is 26.2 Å². The van der Waals surface area contributed by atoms with E-state index in [1.807, 2.05) is 0 Å². The topological polar surface area (TPSA) is 73.6 Å². The molecule has 0 aromatic rings. The van der Waals surface area contributed by atoms with Crippen molar-refractivity contribution in [1.29, 1.82) is 0 Å². The molecule has 2 fully saturated rings. The maximum atomic E-state index is 10.6. The van der Waals surface area contributed by atoms with Gasteiger partial charge < -0.3 is 20.5 Å². The molecule has 0 radical (unpaired) electrons. The molecule has 2 saturated carbocycles. The molecule has 2 unspecified atom stereocenters. The summed E-state index contributed by atoms with van der Waals surface area (Å²) in [6.45, 7) is 4.21. The summed E-state index contributed by atoms with van der Waals surface area (Å²) in [6, 6.07) is 0.538. The molecule has 0 heterocycles. The lowest BCUT2D eigenvalue weighted by molar-refractivity contribution is -0.150. The molecule has 0 aliphatic heterocycles. The summed E-state index contributed by atoms with van der Waals surface area (Å²) < 4.78 is 11.1. The van der Waals surface area contributed by atoms with Crippen molar-refractivity contribution in [3.63, 3.8) is 0 Å². The minimum atomic E-state index is -0.409. The Morgan fingerprint density at radius 1 is 1.35 bits per heavy atom. The highest BCUT2D eigenvalue weighted by atomic mass is 16.5. The van der Waals surface area contributed by atoms with E-state index in [0.29, 0.717) is 24.2 Å². The van der Waals surface area contributed by atoms with Crippen LogP contribution in [0.5, 0.6) is 0 Å². The Morgan fingerprint density at radius 3 is 2.75 bits per heavy atom. The number of hydrogen-bond acceptors (Lipinski definition) is 4. The number of nitrogens with one attached hydrogen (secondary N) is 1. The number of hydrogen-bond donors (Lipinski definition) is 2. The van der Waals surface area contributed by atoms with Crippen molar-refractivity contribution in [3.8, 4) is 0 Å². The molecule has 116 valence electrons. The third kappa shape index (κ3) is 3.51. The van der Waals surface area contributed by atoms with Gasteiger partial charge >= 0.3 is 0 Å². The zero-order chi connectivity index (χ0) is 14.4. The van der Waals surface area contributed by atoms with E-state index < -0.39 is 5.91 Å². The Bertz CT molecular complexity index is 316. The van der Waals surface area contributed by atoms with Crippen LogP contribution in [0.25, 0.3) is 0 Å². The van der Waals surface area contributed by atoms with Crippen molar-refractivity contribution in [2.45, 2.75) is 57.6 Å². The molecular weight excluding hydrogens is 256 g/mol. The first kappa shape index (κ1) is 15.7. The second kappa shape index (κ2) is 7.38. The quantitative estimate of drug-likeness (QED) is 0.657. The monoisotopic (exact) mass is 284 g/mol. The lowest BCUT2D eigenvalue weighted by atomic mass is 9.55. The Hall–Kier alpha value is -0.650. The van der Waals surface area contributed by atoms with Crippen LogP contribution in [0.1, 0.15) is 45.4 Å². The molecule has 1 amide bonds. The maximum absolute atomic E-state index is 10.6. The van der Waals surface area contributed by atoms with Gasteiger partial charge in [0.1, 0.15) is 6.61 Å². The summed E-state index contributed by atoms with van der Waals surface area (Å²) in [6.07, 6.45) is 8.07. The average Bonchev–Trinajstić information content (AvgIpc) is 2.45. The molecule has 0 aromatic heterocycles. The van der Waals surface area contributed by atoms with Gasteiger partial charge in [0.15, 0.2) is 0 Å². The summed E-state index contributed by atoms with van der Waals surface area (Å²) in [5.74, 6) is -0.409. The Kier molecular flexibility index (Phi) is 5.81. The minimum absolute atomic E-state index is 0.0130. The van der Waals surface area contributed by atoms with Gasteiger partial charge in [-0.3, -0.25) is 4.79 Å². The van der Waals surface area contributed by atoms with Gasteiger partial charge in [-0.15, -0.1) is 0 Å². The highest BCUT2D eigenvalue weighted by Crippen LogP contribution is 2.53. The SMILES string of the molecule is CCOC1CC(NCCOCC(N)=O)C12CCCCC2. The van der Waals surface area contributed by atoms with Gasteiger partial charge in [0.25, 0.3) is 0 Å². The van der Waals surface area contributed by atoms with E-state index in [0.717, 1.165) is 19.6 Å². The van der Waals surface area contributed by atoms with Crippen LogP contribution in [0.4, 0.5) is 0 Å². The van der Waals surface area contributed by atoms with Crippen molar-refractivity contribution in [1.82, 2.24) is 5.32 Å². The lowest BCUT2D eigenvalue weighted by Crippen LogP contribution is -2.64. The molecule has 2 aliphatic rings. The second-order valence-corrected chi connectivity index (χ2v) is 6.00. The van der Waals surface area contributed by atoms with Crippen LogP contribution in [0.15, 0.2) is 0 Å². The molecular formula is C15H28N2O3. The average molecular weight is 284 g/mol. The molecule has 2 rings (SSSR count). The third-order valence-corrected chi connectivity index (χ3v) is 4.82. The molecule has 0 aromatic carbocycles. The van der Waals surface area contributed by atoms with Crippen molar-refractivity contribution in [3.05, 3.63) is 0 Å². The molecule has 5 heteroatoms. The van der Waals surface area contributed by atoms with Crippen LogP contribution >= 0.6 is 0 Å². The van der Waals surface area contributed by atoms with E-state index in [1.54, 1.807) is 0 Å². The van der Waals surface area contributed by atoms with E-state index in [9.17, 15) is 4.79 Å². The molecule has 5 nitrogen and oxygen atoms in total.